The van der Waals surface area contributed by atoms with Crippen molar-refractivity contribution in [3.05, 3.63) is 36.1 Å². The summed E-state index contributed by atoms with van der Waals surface area (Å²) in [7, 11) is 1.81. The van der Waals surface area contributed by atoms with Crippen molar-refractivity contribution in [2.75, 3.05) is 12.4 Å². The van der Waals surface area contributed by atoms with Gasteiger partial charge in [0.25, 0.3) is 5.91 Å². The van der Waals surface area contributed by atoms with Gasteiger partial charge in [0, 0.05) is 23.3 Å². The average Bonchev–Trinajstić information content (AvgIpc) is 2.80. The Kier molecular flexibility index (Phi) is 3.48. The van der Waals surface area contributed by atoms with Crippen molar-refractivity contribution in [2.24, 2.45) is 0 Å². The molecule has 0 fully saturated rings. The highest BCUT2D eigenvalue weighted by molar-refractivity contribution is 9.09. The number of hydrogen-bond acceptors (Lipinski definition) is 2. The van der Waals surface area contributed by atoms with Gasteiger partial charge in [0.2, 0.25) is 0 Å². The normalized spacial score (nSPS) is 11.8. The molecular weight excluding hydrogens is 294 g/mol. The van der Waals surface area contributed by atoms with E-state index in [1.54, 1.807) is 4.90 Å². The number of nitrogens with zero attached hydrogens (tertiary/aromatic N) is 1. The SMILES string of the molecule is CN(C(=O)c1coc2ccccc12)C(C)(C)CBr. The Labute approximate surface area is 115 Å². The van der Waals surface area contributed by atoms with Gasteiger partial charge in [-0.1, -0.05) is 34.1 Å². The number of halogens is 1. The number of amides is 1. The van der Waals surface area contributed by atoms with Gasteiger partial charge in [0.05, 0.1) is 5.56 Å². The Morgan fingerprint density at radius 2 is 2.06 bits per heavy atom. The summed E-state index contributed by atoms with van der Waals surface area (Å²) in [5, 5.41) is 1.58. The van der Waals surface area contributed by atoms with Crippen molar-refractivity contribution in [1.29, 1.82) is 0 Å². The van der Waals surface area contributed by atoms with E-state index in [1.807, 2.05) is 45.2 Å². The number of carbonyl (C=O) groups is 1. The smallest absolute Gasteiger partial charge is 0.257 e. The molecule has 0 bridgehead atoms. The van der Waals surface area contributed by atoms with Gasteiger partial charge < -0.3 is 9.32 Å². The van der Waals surface area contributed by atoms with E-state index in [9.17, 15) is 4.79 Å². The fourth-order valence-electron chi connectivity index (χ4n) is 1.69. The summed E-state index contributed by atoms with van der Waals surface area (Å²) in [6.45, 7) is 4.03. The fourth-order valence-corrected chi connectivity index (χ4v) is 2.06. The summed E-state index contributed by atoms with van der Waals surface area (Å²) in [5.74, 6) is -0.0237. The van der Waals surface area contributed by atoms with E-state index in [2.05, 4.69) is 15.9 Å². The Morgan fingerprint density at radius 3 is 2.72 bits per heavy atom. The molecule has 0 saturated heterocycles. The molecule has 0 aliphatic rings. The molecule has 3 nitrogen and oxygen atoms in total. The molecule has 18 heavy (non-hydrogen) atoms. The van der Waals surface area contributed by atoms with Gasteiger partial charge in [-0.15, -0.1) is 0 Å². The van der Waals surface area contributed by atoms with Crippen molar-refractivity contribution in [3.8, 4) is 0 Å². The number of alkyl halides is 1. The first-order valence-corrected chi connectivity index (χ1v) is 6.90. The van der Waals surface area contributed by atoms with Crippen LogP contribution in [0.1, 0.15) is 24.2 Å². The first kappa shape index (κ1) is 13.1. The average molecular weight is 310 g/mol. The summed E-state index contributed by atoms with van der Waals surface area (Å²) in [4.78, 5) is 14.2. The van der Waals surface area contributed by atoms with Crippen LogP contribution in [0.25, 0.3) is 11.0 Å². The van der Waals surface area contributed by atoms with Crippen molar-refractivity contribution in [3.63, 3.8) is 0 Å². The summed E-state index contributed by atoms with van der Waals surface area (Å²) in [6, 6.07) is 7.57. The van der Waals surface area contributed by atoms with Crippen LogP contribution in [0.3, 0.4) is 0 Å². The topological polar surface area (TPSA) is 33.5 Å². The lowest BCUT2D eigenvalue weighted by Crippen LogP contribution is -2.46. The molecule has 2 rings (SSSR count). The van der Waals surface area contributed by atoms with Crippen LogP contribution in [0.2, 0.25) is 0 Å². The Bertz CT molecular complexity index is 574. The number of benzene rings is 1. The fraction of sp³-hybridized carbons (Fsp3) is 0.357. The second-order valence-corrected chi connectivity index (χ2v) is 5.52. The molecule has 1 amide bonds. The van der Waals surface area contributed by atoms with E-state index in [0.717, 1.165) is 16.3 Å². The minimum atomic E-state index is -0.241. The maximum atomic E-state index is 12.5. The molecule has 0 atom stereocenters. The second-order valence-electron chi connectivity index (χ2n) is 4.96. The van der Waals surface area contributed by atoms with Crippen LogP contribution in [0.4, 0.5) is 0 Å². The van der Waals surface area contributed by atoms with E-state index in [-0.39, 0.29) is 11.4 Å². The number of para-hydroxylation sites is 1. The Morgan fingerprint density at radius 1 is 1.39 bits per heavy atom. The highest BCUT2D eigenvalue weighted by atomic mass is 79.9. The molecular formula is C14H16BrNO2. The molecule has 0 radical (unpaired) electrons. The van der Waals surface area contributed by atoms with Crippen LogP contribution >= 0.6 is 15.9 Å². The lowest BCUT2D eigenvalue weighted by Gasteiger charge is -2.33. The van der Waals surface area contributed by atoms with E-state index in [1.165, 1.54) is 6.26 Å². The molecule has 0 spiro atoms. The maximum Gasteiger partial charge on any atom is 0.257 e. The molecule has 0 aliphatic heterocycles. The van der Waals surface area contributed by atoms with Gasteiger partial charge in [0.1, 0.15) is 11.8 Å². The molecule has 0 unspecified atom stereocenters. The molecule has 0 N–H and O–H groups in total. The third-order valence-corrected chi connectivity index (χ3v) is 4.62. The zero-order valence-corrected chi connectivity index (χ0v) is 12.3. The molecule has 4 heteroatoms. The molecule has 1 aromatic heterocycles. The molecule has 0 aliphatic carbocycles. The van der Waals surface area contributed by atoms with Crippen molar-refractivity contribution in [2.45, 2.75) is 19.4 Å². The number of furan rings is 1. The number of carbonyl (C=O) groups excluding carboxylic acids is 1. The maximum absolute atomic E-state index is 12.5. The van der Waals surface area contributed by atoms with Crippen LogP contribution in [-0.2, 0) is 0 Å². The largest absolute Gasteiger partial charge is 0.463 e. The third kappa shape index (κ3) is 2.17. The highest BCUT2D eigenvalue weighted by Crippen LogP contribution is 2.25. The summed E-state index contributed by atoms with van der Waals surface area (Å²) in [5.41, 5.74) is 1.11. The quantitative estimate of drug-likeness (QED) is 0.810. The van der Waals surface area contributed by atoms with Crippen molar-refractivity contribution >= 4 is 32.8 Å². The number of fused-ring (bicyclic) bond motifs is 1. The Balaban J connectivity index is 2.40. The van der Waals surface area contributed by atoms with Gasteiger partial charge >= 0.3 is 0 Å². The molecule has 0 saturated carbocycles. The van der Waals surface area contributed by atoms with Gasteiger partial charge in [-0.25, -0.2) is 0 Å². The van der Waals surface area contributed by atoms with E-state index in [0.29, 0.717) is 5.56 Å². The molecule has 96 valence electrons. The first-order valence-electron chi connectivity index (χ1n) is 5.78. The number of rotatable bonds is 3. The van der Waals surface area contributed by atoms with Gasteiger partial charge in [-0.3, -0.25) is 4.79 Å². The third-order valence-electron chi connectivity index (χ3n) is 3.25. The van der Waals surface area contributed by atoms with Crippen LogP contribution in [0.15, 0.2) is 34.9 Å². The van der Waals surface area contributed by atoms with Gasteiger partial charge in [-0.2, -0.15) is 0 Å². The van der Waals surface area contributed by atoms with Gasteiger partial charge in [0.15, 0.2) is 0 Å². The molecule has 1 heterocycles. The van der Waals surface area contributed by atoms with Crippen LogP contribution in [0, 0.1) is 0 Å². The zero-order chi connectivity index (χ0) is 13.3. The standard InChI is InChI=1S/C14H16BrNO2/c1-14(2,9-15)16(3)13(17)11-8-18-12-7-5-4-6-10(11)12/h4-8H,9H2,1-3H3. The summed E-state index contributed by atoms with van der Waals surface area (Å²) < 4.78 is 5.41. The van der Waals surface area contributed by atoms with Crippen LogP contribution < -0.4 is 0 Å². The molecule has 1 aromatic carbocycles. The number of hydrogen-bond donors (Lipinski definition) is 0. The zero-order valence-electron chi connectivity index (χ0n) is 10.7. The van der Waals surface area contributed by atoms with Crippen LogP contribution in [-0.4, -0.2) is 28.7 Å². The lowest BCUT2D eigenvalue weighted by atomic mass is 10.0. The first-order chi connectivity index (χ1) is 8.47. The predicted molar refractivity (Wildman–Crippen MR) is 76.2 cm³/mol. The van der Waals surface area contributed by atoms with E-state index >= 15 is 0 Å². The van der Waals surface area contributed by atoms with E-state index < -0.39 is 0 Å². The predicted octanol–water partition coefficient (Wildman–Crippen LogP) is 3.68. The molecule has 2 aromatic rings. The monoisotopic (exact) mass is 309 g/mol. The van der Waals surface area contributed by atoms with Crippen LogP contribution in [0.5, 0.6) is 0 Å². The summed E-state index contributed by atoms with van der Waals surface area (Å²) >= 11 is 3.44. The van der Waals surface area contributed by atoms with Gasteiger partial charge in [-0.05, 0) is 19.9 Å². The lowest BCUT2D eigenvalue weighted by molar-refractivity contribution is 0.0664. The minimum absolute atomic E-state index is 0.0237. The van der Waals surface area contributed by atoms with Crippen molar-refractivity contribution in [1.82, 2.24) is 4.90 Å². The minimum Gasteiger partial charge on any atom is -0.463 e. The highest BCUT2D eigenvalue weighted by Gasteiger charge is 2.28. The second kappa shape index (κ2) is 4.76. The van der Waals surface area contributed by atoms with Crippen molar-refractivity contribution < 1.29 is 9.21 Å². The Hall–Kier alpha value is -1.29. The van der Waals surface area contributed by atoms with E-state index in [4.69, 9.17) is 4.42 Å². The summed E-state index contributed by atoms with van der Waals surface area (Å²) in [6.07, 6.45) is 1.54.